The van der Waals surface area contributed by atoms with Crippen LogP contribution in [0.15, 0.2) is 36.4 Å². The SMILES string of the molecule is COc1ccc2cc(CN[C@@H](CCC(C)(C)C)C(=O)O)ccc2c1. The molecule has 0 aliphatic carbocycles. The third-order valence-electron chi connectivity index (χ3n) is 4.15. The second kappa shape index (κ2) is 7.67. The zero-order valence-corrected chi connectivity index (χ0v) is 14.9. The smallest absolute Gasteiger partial charge is 0.320 e. The molecule has 0 bridgehead atoms. The quantitative estimate of drug-likeness (QED) is 0.798. The number of carboxylic acids is 1. The van der Waals surface area contributed by atoms with E-state index < -0.39 is 12.0 Å². The number of rotatable bonds is 7. The lowest BCUT2D eigenvalue weighted by atomic mass is 9.88. The van der Waals surface area contributed by atoms with Crippen molar-refractivity contribution in [3.63, 3.8) is 0 Å². The fourth-order valence-corrected chi connectivity index (χ4v) is 2.64. The van der Waals surface area contributed by atoms with Crippen molar-refractivity contribution in [3.8, 4) is 5.75 Å². The first-order valence-corrected chi connectivity index (χ1v) is 8.31. The van der Waals surface area contributed by atoms with Gasteiger partial charge in [0.1, 0.15) is 11.8 Å². The first kappa shape index (κ1) is 18.3. The van der Waals surface area contributed by atoms with Crippen LogP contribution in [0.3, 0.4) is 0 Å². The number of nitrogens with one attached hydrogen (secondary N) is 1. The summed E-state index contributed by atoms with van der Waals surface area (Å²) in [5.74, 6) is 0.0475. The number of hydrogen-bond acceptors (Lipinski definition) is 3. The highest BCUT2D eigenvalue weighted by atomic mass is 16.5. The molecule has 2 aromatic carbocycles. The summed E-state index contributed by atoms with van der Waals surface area (Å²) in [6.07, 6.45) is 1.50. The summed E-state index contributed by atoms with van der Waals surface area (Å²) in [4.78, 5) is 11.4. The van der Waals surface area contributed by atoms with E-state index in [0.29, 0.717) is 13.0 Å². The Balaban J connectivity index is 2.03. The van der Waals surface area contributed by atoms with Gasteiger partial charge in [0.05, 0.1) is 7.11 Å². The Morgan fingerprint density at radius 1 is 1.17 bits per heavy atom. The molecule has 0 aromatic heterocycles. The maximum atomic E-state index is 11.4. The maximum Gasteiger partial charge on any atom is 0.320 e. The van der Waals surface area contributed by atoms with Gasteiger partial charge in [0.25, 0.3) is 0 Å². The molecule has 2 rings (SSSR count). The van der Waals surface area contributed by atoms with E-state index in [1.54, 1.807) is 7.11 Å². The summed E-state index contributed by atoms with van der Waals surface area (Å²) in [5, 5.41) is 14.8. The Morgan fingerprint density at radius 2 is 1.83 bits per heavy atom. The topological polar surface area (TPSA) is 58.6 Å². The average Bonchev–Trinajstić information content (AvgIpc) is 2.52. The Hall–Kier alpha value is -2.07. The van der Waals surface area contributed by atoms with Crippen molar-refractivity contribution in [3.05, 3.63) is 42.0 Å². The largest absolute Gasteiger partial charge is 0.497 e. The number of aliphatic carboxylic acids is 1. The minimum absolute atomic E-state index is 0.136. The van der Waals surface area contributed by atoms with Gasteiger partial charge in [-0.05, 0) is 52.8 Å². The molecule has 0 saturated heterocycles. The second-order valence-electron chi connectivity index (χ2n) is 7.42. The molecule has 130 valence electrons. The molecule has 0 spiro atoms. The zero-order chi connectivity index (χ0) is 17.7. The molecule has 0 aliphatic heterocycles. The monoisotopic (exact) mass is 329 g/mol. The van der Waals surface area contributed by atoms with Crippen LogP contribution in [0, 0.1) is 5.41 Å². The van der Waals surface area contributed by atoms with Crippen LogP contribution in [-0.2, 0) is 11.3 Å². The van der Waals surface area contributed by atoms with Crippen LogP contribution in [0.4, 0.5) is 0 Å². The van der Waals surface area contributed by atoms with Crippen LogP contribution in [0.25, 0.3) is 10.8 Å². The van der Waals surface area contributed by atoms with Crippen LogP contribution >= 0.6 is 0 Å². The number of ether oxygens (including phenoxy) is 1. The van der Waals surface area contributed by atoms with Crippen LogP contribution < -0.4 is 10.1 Å². The highest BCUT2D eigenvalue weighted by Gasteiger charge is 2.20. The molecule has 0 heterocycles. The average molecular weight is 329 g/mol. The first-order chi connectivity index (χ1) is 11.3. The third kappa shape index (κ3) is 5.24. The molecule has 0 saturated carbocycles. The van der Waals surface area contributed by atoms with E-state index in [4.69, 9.17) is 4.74 Å². The zero-order valence-electron chi connectivity index (χ0n) is 14.9. The van der Waals surface area contributed by atoms with E-state index in [9.17, 15) is 9.90 Å². The maximum absolute atomic E-state index is 11.4. The number of fused-ring (bicyclic) bond motifs is 1. The van der Waals surface area contributed by atoms with E-state index in [2.05, 4.69) is 32.2 Å². The van der Waals surface area contributed by atoms with Gasteiger partial charge in [-0.3, -0.25) is 4.79 Å². The Morgan fingerprint density at radius 3 is 2.46 bits per heavy atom. The van der Waals surface area contributed by atoms with Gasteiger partial charge < -0.3 is 15.2 Å². The molecule has 0 radical (unpaired) electrons. The van der Waals surface area contributed by atoms with Gasteiger partial charge in [-0.15, -0.1) is 0 Å². The van der Waals surface area contributed by atoms with Crippen LogP contribution in [-0.4, -0.2) is 24.2 Å². The molecule has 1 atom stereocenters. The lowest BCUT2D eigenvalue weighted by Crippen LogP contribution is -2.37. The fourth-order valence-electron chi connectivity index (χ4n) is 2.64. The molecule has 0 aliphatic rings. The summed E-state index contributed by atoms with van der Waals surface area (Å²) in [7, 11) is 1.66. The normalized spacial score (nSPS) is 13.0. The molecule has 2 N–H and O–H groups in total. The van der Waals surface area contributed by atoms with Crippen molar-refractivity contribution in [1.82, 2.24) is 5.32 Å². The van der Waals surface area contributed by atoms with Gasteiger partial charge in [0.2, 0.25) is 0 Å². The minimum Gasteiger partial charge on any atom is -0.497 e. The van der Waals surface area contributed by atoms with Crippen molar-refractivity contribution < 1.29 is 14.6 Å². The predicted molar refractivity (Wildman–Crippen MR) is 97.5 cm³/mol. The summed E-state index contributed by atoms with van der Waals surface area (Å²) >= 11 is 0. The Kier molecular flexibility index (Phi) is 5.84. The summed E-state index contributed by atoms with van der Waals surface area (Å²) in [6.45, 7) is 6.93. The molecule has 0 fully saturated rings. The Bertz CT molecular complexity index is 704. The van der Waals surface area contributed by atoms with Crippen LogP contribution in [0.5, 0.6) is 5.75 Å². The summed E-state index contributed by atoms with van der Waals surface area (Å²) in [6, 6.07) is 11.6. The number of benzene rings is 2. The molecular weight excluding hydrogens is 302 g/mol. The molecule has 0 amide bonds. The van der Waals surface area contributed by atoms with Gasteiger partial charge in [-0.1, -0.05) is 39.0 Å². The number of hydrogen-bond donors (Lipinski definition) is 2. The van der Waals surface area contributed by atoms with Gasteiger partial charge in [-0.25, -0.2) is 0 Å². The van der Waals surface area contributed by atoms with E-state index in [-0.39, 0.29) is 5.41 Å². The Labute approximate surface area is 143 Å². The summed E-state index contributed by atoms with van der Waals surface area (Å²) < 4.78 is 5.23. The number of carboxylic acid groups (broad SMARTS) is 1. The molecule has 2 aromatic rings. The number of methoxy groups -OCH3 is 1. The van der Waals surface area contributed by atoms with E-state index >= 15 is 0 Å². The van der Waals surface area contributed by atoms with Crippen molar-refractivity contribution in [2.24, 2.45) is 5.41 Å². The fraction of sp³-hybridized carbons (Fsp3) is 0.450. The lowest BCUT2D eigenvalue weighted by Gasteiger charge is -2.21. The standard InChI is InChI=1S/C20H27NO3/c1-20(2,3)10-9-18(19(22)23)21-13-14-5-6-16-12-17(24-4)8-7-15(16)11-14/h5-8,11-12,18,21H,9-10,13H2,1-4H3,(H,22,23)/t18-/m0/s1. The van der Waals surface area contributed by atoms with Gasteiger partial charge >= 0.3 is 5.97 Å². The van der Waals surface area contributed by atoms with Crippen molar-refractivity contribution >= 4 is 16.7 Å². The summed E-state index contributed by atoms with van der Waals surface area (Å²) in [5.41, 5.74) is 1.21. The second-order valence-corrected chi connectivity index (χ2v) is 7.42. The number of carbonyl (C=O) groups is 1. The van der Waals surface area contributed by atoms with Crippen LogP contribution in [0.2, 0.25) is 0 Å². The van der Waals surface area contributed by atoms with Crippen molar-refractivity contribution in [2.45, 2.75) is 46.2 Å². The van der Waals surface area contributed by atoms with Crippen LogP contribution in [0.1, 0.15) is 39.2 Å². The van der Waals surface area contributed by atoms with E-state index in [0.717, 1.165) is 28.5 Å². The van der Waals surface area contributed by atoms with Gasteiger partial charge in [0.15, 0.2) is 0 Å². The molecule has 24 heavy (non-hydrogen) atoms. The van der Waals surface area contributed by atoms with E-state index in [1.165, 1.54) is 0 Å². The molecule has 4 heteroatoms. The minimum atomic E-state index is -0.787. The predicted octanol–water partition coefficient (Wildman–Crippen LogP) is 4.22. The van der Waals surface area contributed by atoms with Gasteiger partial charge in [-0.2, -0.15) is 0 Å². The van der Waals surface area contributed by atoms with Crippen molar-refractivity contribution in [2.75, 3.05) is 7.11 Å². The van der Waals surface area contributed by atoms with E-state index in [1.807, 2.05) is 30.3 Å². The van der Waals surface area contributed by atoms with Crippen molar-refractivity contribution in [1.29, 1.82) is 0 Å². The molecule has 4 nitrogen and oxygen atoms in total. The first-order valence-electron chi connectivity index (χ1n) is 8.31. The highest BCUT2D eigenvalue weighted by molar-refractivity contribution is 5.84. The molecule has 0 unspecified atom stereocenters. The highest BCUT2D eigenvalue weighted by Crippen LogP contribution is 2.23. The van der Waals surface area contributed by atoms with Gasteiger partial charge in [0, 0.05) is 6.54 Å². The lowest BCUT2D eigenvalue weighted by molar-refractivity contribution is -0.139. The third-order valence-corrected chi connectivity index (χ3v) is 4.15. The molecular formula is C20H27NO3.